The molecule has 47 heavy (non-hydrogen) atoms. The maximum atomic E-state index is 13.4. The minimum atomic E-state index is -0.211. The molecule has 3 heteroatoms. The third kappa shape index (κ3) is 5.67. The number of benzene rings is 6. The molecule has 0 atom stereocenters. The molecule has 1 aliphatic rings. The number of allylic oxidation sites excluding steroid dienone is 1. The molecule has 6 aromatic carbocycles. The van der Waals surface area contributed by atoms with Crippen LogP contribution >= 0.6 is 0 Å². The first-order chi connectivity index (χ1) is 22.4. The number of nitrogens with zero attached hydrogens (tertiary/aromatic N) is 1. The minimum absolute atomic E-state index is 0.0678. The average Bonchev–Trinajstić information content (AvgIpc) is 3.27. The van der Waals surface area contributed by atoms with Crippen LogP contribution in [0, 0.1) is 0 Å². The summed E-state index contributed by atoms with van der Waals surface area (Å²) in [4.78, 5) is 29.0. The van der Waals surface area contributed by atoms with Crippen LogP contribution < -0.4 is 4.90 Å². The Labute approximate surface area is 277 Å². The third-order valence-corrected chi connectivity index (χ3v) is 9.26. The van der Waals surface area contributed by atoms with E-state index in [9.17, 15) is 9.59 Å². The molecular weight excluding hydrogens is 574 g/mol. The van der Waals surface area contributed by atoms with Gasteiger partial charge in [-0.25, -0.2) is 0 Å². The van der Waals surface area contributed by atoms with Gasteiger partial charge in [0.1, 0.15) is 0 Å². The summed E-state index contributed by atoms with van der Waals surface area (Å²) in [5.74, 6) is -0.423. The summed E-state index contributed by atoms with van der Waals surface area (Å²) in [7, 11) is 0. The van der Waals surface area contributed by atoms with Crippen LogP contribution in [0.4, 0.5) is 17.1 Å². The van der Waals surface area contributed by atoms with Crippen molar-refractivity contribution in [3.05, 3.63) is 155 Å². The van der Waals surface area contributed by atoms with Crippen molar-refractivity contribution in [3.8, 4) is 0 Å². The lowest BCUT2D eigenvalue weighted by molar-refractivity contribution is 0.0990. The van der Waals surface area contributed by atoms with Gasteiger partial charge >= 0.3 is 0 Å². The molecule has 0 unspecified atom stereocenters. The van der Waals surface area contributed by atoms with Gasteiger partial charge in [-0.1, -0.05) is 108 Å². The second kappa shape index (κ2) is 11.2. The monoisotopic (exact) mass is 613 g/mol. The number of Topliss-reactive ketones (excluding diaryl/α,β-unsaturated/α-hetero) is 2. The maximum absolute atomic E-state index is 13.4. The van der Waals surface area contributed by atoms with Crippen LogP contribution in [0.2, 0.25) is 0 Å². The first-order valence-electron chi connectivity index (χ1n) is 16.3. The van der Waals surface area contributed by atoms with Gasteiger partial charge in [0.15, 0.2) is 11.6 Å². The highest BCUT2D eigenvalue weighted by molar-refractivity contribution is 6.42. The molecule has 0 bridgehead atoms. The lowest BCUT2D eigenvalue weighted by atomic mass is 9.86. The predicted octanol–water partition coefficient (Wildman–Crippen LogP) is 11.5. The average molecular weight is 614 g/mol. The molecule has 0 saturated heterocycles. The van der Waals surface area contributed by atoms with Crippen molar-refractivity contribution in [3.63, 3.8) is 0 Å². The van der Waals surface area contributed by atoms with Crippen molar-refractivity contribution in [2.75, 3.05) is 4.90 Å². The summed E-state index contributed by atoms with van der Waals surface area (Å²) in [6.45, 7) is 13.4. The fourth-order valence-electron chi connectivity index (χ4n) is 6.46. The van der Waals surface area contributed by atoms with Crippen LogP contribution in [0.3, 0.4) is 0 Å². The third-order valence-electron chi connectivity index (χ3n) is 9.26. The van der Waals surface area contributed by atoms with Crippen molar-refractivity contribution < 1.29 is 9.59 Å². The van der Waals surface area contributed by atoms with E-state index in [4.69, 9.17) is 0 Å². The van der Waals surface area contributed by atoms with Crippen molar-refractivity contribution in [2.45, 2.75) is 52.4 Å². The van der Waals surface area contributed by atoms with Gasteiger partial charge < -0.3 is 4.90 Å². The largest absolute Gasteiger partial charge is 0.310 e. The van der Waals surface area contributed by atoms with E-state index >= 15 is 0 Å². The van der Waals surface area contributed by atoms with Crippen molar-refractivity contribution in [1.82, 2.24) is 0 Å². The zero-order chi connectivity index (χ0) is 33.1. The number of rotatable bonds is 4. The Balaban J connectivity index is 1.25. The summed E-state index contributed by atoms with van der Waals surface area (Å²) >= 11 is 0. The Morgan fingerprint density at radius 3 is 1.38 bits per heavy atom. The molecule has 1 aliphatic carbocycles. The van der Waals surface area contributed by atoms with Crippen molar-refractivity contribution >= 4 is 56.2 Å². The maximum Gasteiger partial charge on any atom is 0.197 e. The molecular formula is C44H39NO2. The number of anilines is 3. The number of hydrogen-bond donors (Lipinski definition) is 0. The van der Waals surface area contributed by atoms with Gasteiger partial charge in [-0.05, 0) is 110 Å². The van der Waals surface area contributed by atoms with Gasteiger partial charge in [0.05, 0.1) is 5.57 Å². The van der Waals surface area contributed by atoms with Crippen LogP contribution in [0.1, 0.15) is 78.9 Å². The molecule has 0 N–H and O–H groups in total. The van der Waals surface area contributed by atoms with E-state index in [0.29, 0.717) is 11.1 Å². The highest BCUT2D eigenvalue weighted by Gasteiger charge is 2.33. The Bertz CT molecular complexity index is 2110. The number of hydrogen-bond acceptors (Lipinski definition) is 3. The molecule has 0 saturated carbocycles. The molecule has 0 spiro atoms. The van der Waals surface area contributed by atoms with E-state index in [2.05, 4.69) is 119 Å². The molecule has 232 valence electrons. The molecule has 3 nitrogen and oxygen atoms in total. The summed E-state index contributed by atoms with van der Waals surface area (Å²) in [5, 5.41) is 4.03. The Hall–Kier alpha value is -5.28. The fraction of sp³-hybridized carbons (Fsp3) is 0.182. The number of fused-ring (bicyclic) bond motifs is 3. The minimum Gasteiger partial charge on any atom is -0.310 e. The smallest absolute Gasteiger partial charge is 0.197 e. The molecule has 0 aromatic heterocycles. The van der Waals surface area contributed by atoms with Gasteiger partial charge in [0.2, 0.25) is 0 Å². The van der Waals surface area contributed by atoms with E-state index in [-0.39, 0.29) is 28.0 Å². The summed E-state index contributed by atoms with van der Waals surface area (Å²) in [5.41, 5.74) is 7.96. The lowest BCUT2D eigenvalue weighted by Crippen LogP contribution is -2.14. The normalized spacial score (nSPS) is 13.4. The molecule has 7 rings (SSSR count). The number of carbonyl (C=O) groups excluding carboxylic acids is 2. The van der Waals surface area contributed by atoms with Crippen LogP contribution in [0.5, 0.6) is 0 Å². The Kier molecular flexibility index (Phi) is 7.24. The molecule has 0 radical (unpaired) electrons. The Morgan fingerprint density at radius 2 is 0.894 bits per heavy atom. The highest BCUT2D eigenvalue weighted by Crippen LogP contribution is 2.39. The quantitative estimate of drug-likeness (QED) is 0.147. The van der Waals surface area contributed by atoms with Crippen LogP contribution in [-0.4, -0.2) is 11.6 Å². The molecule has 0 heterocycles. The SMILES string of the molecule is CC(C)(C)c1ccc(N(c2ccc(C(C)(C)C)cc2)c2ccc3cc(C=C4C(=O)c5cc6ccccc6cc5C4=O)ccc3c2)cc1. The number of ketones is 2. The van der Waals surface area contributed by atoms with Crippen LogP contribution in [0.25, 0.3) is 27.6 Å². The molecule has 6 aromatic rings. The predicted molar refractivity (Wildman–Crippen MR) is 197 cm³/mol. The van der Waals surface area contributed by atoms with Crippen LogP contribution in [0.15, 0.2) is 127 Å². The Morgan fingerprint density at radius 1 is 0.468 bits per heavy atom. The van der Waals surface area contributed by atoms with Gasteiger partial charge in [0.25, 0.3) is 0 Å². The van der Waals surface area contributed by atoms with Crippen molar-refractivity contribution in [2.24, 2.45) is 0 Å². The molecule has 0 amide bonds. The topological polar surface area (TPSA) is 37.4 Å². The zero-order valence-corrected chi connectivity index (χ0v) is 27.9. The zero-order valence-electron chi connectivity index (χ0n) is 27.9. The van der Waals surface area contributed by atoms with E-state index in [1.54, 1.807) is 6.08 Å². The highest BCUT2D eigenvalue weighted by atomic mass is 16.2. The summed E-state index contributed by atoms with van der Waals surface area (Å²) in [6.07, 6.45) is 1.74. The fourth-order valence-corrected chi connectivity index (χ4v) is 6.46. The van der Waals surface area contributed by atoms with E-state index in [1.807, 2.05) is 48.5 Å². The molecule has 0 fully saturated rings. The first-order valence-corrected chi connectivity index (χ1v) is 16.3. The second-order valence-electron chi connectivity index (χ2n) is 14.7. The van der Waals surface area contributed by atoms with Crippen molar-refractivity contribution in [1.29, 1.82) is 0 Å². The number of carbonyl (C=O) groups is 2. The van der Waals surface area contributed by atoms with Gasteiger partial charge in [-0.3, -0.25) is 9.59 Å². The van der Waals surface area contributed by atoms with E-state index in [0.717, 1.165) is 44.2 Å². The van der Waals surface area contributed by atoms with E-state index in [1.165, 1.54) is 11.1 Å². The van der Waals surface area contributed by atoms with Gasteiger partial charge in [-0.2, -0.15) is 0 Å². The van der Waals surface area contributed by atoms with Gasteiger partial charge in [-0.15, -0.1) is 0 Å². The first kappa shape index (κ1) is 30.4. The van der Waals surface area contributed by atoms with E-state index < -0.39 is 0 Å². The standard InChI is InChI=1S/C44H39NO2/c1-43(2,3)33-14-19-35(20-15-33)45(36-21-16-34(17-22-36)44(4,5)6)37-18-13-31-23-28(11-12-32(31)25-37)24-40-41(46)38-26-29-9-7-8-10-30(29)27-39(38)42(40)47/h7-27H,1-6H3. The summed E-state index contributed by atoms with van der Waals surface area (Å²) in [6, 6.07) is 41.8. The van der Waals surface area contributed by atoms with Gasteiger partial charge in [0, 0.05) is 28.2 Å². The van der Waals surface area contributed by atoms with Crippen LogP contribution in [-0.2, 0) is 10.8 Å². The summed E-state index contributed by atoms with van der Waals surface area (Å²) < 4.78 is 0. The lowest BCUT2D eigenvalue weighted by Gasteiger charge is -2.28. The second-order valence-corrected chi connectivity index (χ2v) is 14.7. The molecule has 0 aliphatic heterocycles.